The molecule has 0 aromatic rings. The van der Waals surface area contributed by atoms with Crippen LogP contribution in [0.1, 0.15) is 39.5 Å². The van der Waals surface area contributed by atoms with Gasteiger partial charge in [-0.15, -0.1) is 0 Å². The van der Waals surface area contributed by atoms with E-state index in [0.29, 0.717) is 26.1 Å². The standard InChI is InChI=1S/C13H24N2O3/c1-3-5-6-7-12(16)15-9-8-14-10-11(15)13(17)18-4-2/h11,14H,3-10H2,1-2H3. The highest BCUT2D eigenvalue weighted by Gasteiger charge is 2.32. The number of piperazine rings is 1. The Morgan fingerprint density at radius 3 is 2.78 bits per heavy atom. The van der Waals surface area contributed by atoms with E-state index in [1.165, 1.54) is 0 Å². The number of nitrogens with one attached hydrogen (secondary N) is 1. The lowest BCUT2D eigenvalue weighted by Gasteiger charge is -2.34. The van der Waals surface area contributed by atoms with Gasteiger partial charge in [0.2, 0.25) is 5.91 Å². The number of carbonyl (C=O) groups is 2. The van der Waals surface area contributed by atoms with Crippen LogP contribution in [-0.4, -0.2) is 49.1 Å². The van der Waals surface area contributed by atoms with Crippen LogP contribution in [-0.2, 0) is 14.3 Å². The van der Waals surface area contributed by atoms with Gasteiger partial charge in [-0.2, -0.15) is 0 Å². The quantitative estimate of drug-likeness (QED) is 0.567. The first-order chi connectivity index (χ1) is 8.70. The van der Waals surface area contributed by atoms with Crippen molar-refractivity contribution in [2.75, 3.05) is 26.2 Å². The van der Waals surface area contributed by atoms with Crippen molar-refractivity contribution in [3.63, 3.8) is 0 Å². The Morgan fingerprint density at radius 2 is 2.11 bits per heavy atom. The second-order valence-corrected chi connectivity index (χ2v) is 4.52. The van der Waals surface area contributed by atoms with E-state index >= 15 is 0 Å². The van der Waals surface area contributed by atoms with Gasteiger partial charge in [0, 0.05) is 26.1 Å². The minimum Gasteiger partial charge on any atom is -0.464 e. The van der Waals surface area contributed by atoms with Crippen molar-refractivity contribution in [2.45, 2.75) is 45.6 Å². The molecule has 0 radical (unpaired) electrons. The molecule has 0 aromatic heterocycles. The third kappa shape index (κ3) is 4.29. The lowest BCUT2D eigenvalue weighted by molar-refractivity contribution is -0.155. The van der Waals surface area contributed by atoms with Crippen LogP contribution in [0, 0.1) is 0 Å². The summed E-state index contributed by atoms with van der Waals surface area (Å²) in [6.07, 6.45) is 3.58. The summed E-state index contributed by atoms with van der Waals surface area (Å²) in [4.78, 5) is 25.5. The summed E-state index contributed by atoms with van der Waals surface area (Å²) in [7, 11) is 0. The number of hydrogen-bond donors (Lipinski definition) is 1. The molecule has 0 aliphatic carbocycles. The number of unbranched alkanes of at least 4 members (excludes halogenated alkanes) is 2. The van der Waals surface area contributed by atoms with E-state index in [2.05, 4.69) is 12.2 Å². The van der Waals surface area contributed by atoms with E-state index in [4.69, 9.17) is 4.74 Å². The van der Waals surface area contributed by atoms with Crippen LogP contribution in [0.3, 0.4) is 0 Å². The predicted octanol–water partition coefficient (Wildman–Crippen LogP) is 0.930. The summed E-state index contributed by atoms with van der Waals surface area (Å²) in [5, 5.41) is 3.13. The van der Waals surface area contributed by atoms with Crippen LogP contribution in [0.25, 0.3) is 0 Å². The fraction of sp³-hybridized carbons (Fsp3) is 0.846. The van der Waals surface area contributed by atoms with Crippen molar-refractivity contribution in [3.8, 4) is 0 Å². The Labute approximate surface area is 109 Å². The molecule has 1 atom stereocenters. The van der Waals surface area contributed by atoms with E-state index in [-0.39, 0.29) is 11.9 Å². The minimum atomic E-state index is -0.451. The van der Waals surface area contributed by atoms with Gasteiger partial charge in [0.25, 0.3) is 0 Å². The van der Waals surface area contributed by atoms with E-state index in [1.807, 2.05) is 0 Å². The second-order valence-electron chi connectivity index (χ2n) is 4.52. The Hall–Kier alpha value is -1.10. The highest BCUT2D eigenvalue weighted by atomic mass is 16.5. The van der Waals surface area contributed by atoms with E-state index in [9.17, 15) is 9.59 Å². The van der Waals surface area contributed by atoms with Gasteiger partial charge in [-0.25, -0.2) is 4.79 Å². The molecule has 1 heterocycles. The molecule has 1 aliphatic heterocycles. The van der Waals surface area contributed by atoms with Gasteiger partial charge in [0.15, 0.2) is 0 Å². The van der Waals surface area contributed by atoms with E-state index < -0.39 is 6.04 Å². The predicted molar refractivity (Wildman–Crippen MR) is 69.1 cm³/mol. The van der Waals surface area contributed by atoms with Gasteiger partial charge >= 0.3 is 5.97 Å². The molecule has 1 rings (SSSR count). The van der Waals surface area contributed by atoms with Crippen LogP contribution in [0.15, 0.2) is 0 Å². The van der Waals surface area contributed by atoms with Gasteiger partial charge in [-0.3, -0.25) is 4.79 Å². The SMILES string of the molecule is CCCCCC(=O)N1CCNCC1C(=O)OCC. The fourth-order valence-electron chi connectivity index (χ4n) is 2.12. The first kappa shape index (κ1) is 15.0. The third-order valence-corrected chi connectivity index (χ3v) is 3.12. The van der Waals surface area contributed by atoms with Crippen LogP contribution in [0.4, 0.5) is 0 Å². The summed E-state index contributed by atoms with van der Waals surface area (Å²) in [5.41, 5.74) is 0. The largest absolute Gasteiger partial charge is 0.464 e. The van der Waals surface area contributed by atoms with E-state index in [1.54, 1.807) is 11.8 Å². The van der Waals surface area contributed by atoms with Crippen molar-refractivity contribution in [1.82, 2.24) is 10.2 Å². The maximum atomic E-state index is 12.1. The summed E-state index contributed by atoms with van der Waals surface area (Å²) < 4.78 is 5.01. The molecular formula is C13H24N2O3. The Balaban J connectivity index is 2.52. The number of carbonyl (C=O) groups excluding carboxylic acids is 2. The highest BCUT2D eigenvalue weighted by molar-refractivity contribution is 5.85. The fourth-order valence-corrected chi connectivity index (χ4v) is 2.12. The van der Waals surface area contributed by atoms with Gasteiger partial charge in [-0.05, 0) is 13.3 Å². The van der Waals surface area contributed by atoms with Crippen LogP contribution in [0.2, 0.25) is 0 Å². The van der Waals surface area contributed by atoms with Crippen LogP contribution in [0.5, 0.6) is 0 Å². The molecule has 104 valence electrons. The zero-order chi connectivity index (χ0) is 13.4. The van der Waals surface area contributed by atoms with Crippen molar-refractivity contribution >= 4 is 11.9 Å². The maximum absolute atomic E-state index is 12.1. The third-order valence-electron chi connectivity index (χ3n) is 3.12. The van der Waals surface area contributed by atoms with Gasteiger partial charge in [0.05, 0.1) is 6.61 Å². The molecule has 0 spiro atoms. The van der Waals surface area contributed by atoms with E-state index in [0.717, 1.165) is 25.8 Å². The summed E-state index contributed by atoms with van der Waals surface area (Å²) in [5.74, 6) is -0.225. The van der Waals surface area contributed by atoms with Gasteiger partial charge in [0.1, 0.15) is 6.04 Å². The molecule has 5 nitrogen and oxygen atoms in total. The number of nitrogens with zero attached hydrogens (tertiary/aromatic N) is 1. The number of hydrogen-bond acceptors (Lipinski definition) is 4. The first-order valence-electron chi connectivity index (χ1n) is 6.87. The Morgan fingerprint density at radius 1 is 1.33 bits per heavy atom. The molecule has 1 amide bonds. The molecular weight excluding hydrogens is 232 g/mol. The van der Waals surface area contributed by atoms with Crippen LogP contribution >= 0.6 is 0 Å². The Kier molecular flexibility index (Phi) is 6.72. The molecule has 1 aliphatic rings. The highest BCUT2D eigenvalue weighted by Crippen LogP contribution is 2.10. The van der Waals surface area contributed by atoms with Crippen molar-refractivity contribution in [2.24, 2.45) is 0 Å². The Bertz CT molecular complexity index is 281. The summed E-state index contributed by atoms with van der Waals surface area (Å²) in [6.45, 7) is 6.08. The van der Waals surface area contributed by atoms with Crippen LogP contribution < -0.4 is 5.32 Å². The summed E-state index contributed by atoms with van der Waals surface area (Å²) in [6, 6.07) is -0.451. The molecule has 1 unspecified atom stereocenters. The second kappa shape index (κ2) is 8.08. The average molecular weight is 256 g/mol. The molecule has 0 bridgehead atoms. The topological polar surface area (TPSA) is 58.6 Å². The molecule has 1 N–H and O–H groups in total. The normalized spacial score (nSPS) is 19.7. The monoisotopic (exact) mass is 256 g/mol. The molecule has 1 saturated heterocycles. The van der Waals surface area contributed by atoms with Crippen molar-refractivity contribution in [3.05, 3.63) is 0 Å². The summed E-state index contributed by atoms with van der Waals surface area (Å²) >= 11 is 0. The lowest BCUT2D eigenvalue weighted by atomic mass is 10.1. The average Bonchev–Trinajstić information content (AvgIpc) is 2.39. The van der Waals surface area contributed by atoms with Crippen molar-refractivity contribution < 1.29 is 14.3 Å². The lowest BCUT2D eigenvalue weighted by Crippen LogP contribution is -2.57. The number of ether oxygens (including phenoxy) is 1. The zero-order valence-electron chi connectivity index (χ0n) is 11.4. The maximum Gasteiger partial charge on any atom is 0.330 e. The van der Waals surface area contributed by atoms with Gasteiger partial charge in [-0.1, -0.05) is 19.8 Å². The van der Waals surface area contributed by atoms with Crippen molar-refractivity contribution in [1.29, 1.82) is 0 Å². The van der Waals surface area contributed by atoms with Gasteiger partial charge < -0.3 is 15.0 Å². The molecule has 0 saturated carbocycles. The zero-order valence-corrected chi connectivity index (χ0v) is 11.4. The molecule has 5 heteroatoms. The molecule has 1 fully saturated rings. The number of amides is 1. The molecule has 0 aromatic carbocycles. The minimum absolute atomic E-state index is 0.0722. The smallest absolute Gasteiger partial charge is 0.330 e. The molecule has 18 heavy (non-hydrogen) atoms. The first-order valence-corrected chi connectivity index (χ1v) is 6.87. The number of esters is 1. The number of rotatable bonds is 6.